The van der Waals surface area contributed by atoms with Crippen LogP contribution in [-0.2, 0) is 14.3 Å². The predicted octanol–water partition coefficient (Wildman–Crippen LogP) is 1.81. The van der Waals surface area contributed by atoms with Crippen LogP contribution in [-0.4, -0.2) is 35.7 Å². The van der Waals surface area contributed by atoms with Crippen molar-refractivity contribution in [1.29, 1.82) is 0 Å². The summed E-state index contributed by atoms with van der Waals surface area (Å²) < 4.78 is 5.39. The Balaban J connectivity index is 2.17. The van der Waals surface area contributed by atoms with Gasteiger partial charge in [-0.05, 0) is 52.4 Å². The molecule has 1 amide bonds. The molecule has 0 radical (unpaired) electrons. The fourth-order valence-corrected chi connectivity index (χ4v) is 2.20. The van der Waals surface area contributed by atoms with Gasteiger partial charge in [0.2, 0.25) is 5.91 Å². The largest absolute Gasteiger partial charge is 0.481 e. The number of carbonyl (C=O) groups excluding carboxylic acids is 1. The Labute approximate surface area is 114 Å². The molecule has 1 fully saturated rings. The van der Waals surface area contributed by atoms with Crippen LogP contribution in [0.1, 0.15) is 46.5 Å². The molecule has 0 bridgehead atoms. The van der Waals surface area contributed by atoms with E-state index < -0.39 is 5.97 Å². The molecule has 5 heteroatoms. The highest BCUT2D eigenvalue weighted by Crippen LogP contribution is 2.28. The van der Waals surface area contributed by atoms with Gasteiger partial charge in [0.25, 0.3) is 0 Å². The van der Waals surface area contributed by atoms with Crippen LogP contribution in [0, 0.1) is 11.8 Å². The molecule has 0 heterocycles. The minimum absolute atomic E-state index is 0.0774. The Morgan fingerprint density at radius 1 is 1.21 bits per heavy atom. The minimum Gasteiger partial charge on any atom is -0.481 e. The third kappa shape index (κ3) is 6.57. The number of amides is 1. The van der Waals surface area contributed by atoms with Crippen molar-refractivity contribution in [3.05, 3.63) is 0 Å². The van der Waals surface area contributed by atoms with E-state index in [-0.39, 0.29) is 24.0 Å². The maximum atomic E-state index is 11.6. The molecule has 0 aromatic rings. The second kappa shape index (κ2) is 6.89. The molecule has 0 atom stereocenters. The van der Waals surface area contributed by atoms with E-state index in [1.54, 1.807) is 0 Å². The Bertz CT molecular complexity index is 314. The monoisotopic (exact) mass is 271 g/mol. The molecule has 0 unspecified atom stereocenters. The predicted molar refractivity (Wildman–Crippen MR) is 71.8 cm³/mol. The number of carboxylic acid groups (broad SMARTS) is 1. The van der Waals surface area contributed by atoms with E-state index in [2.05, 4.69) is 5.32 Å². The van der Waals surface area contributed by atoms with Crippen LogP contribution in [0.25, 0.3) is 0 Å². The summed E-state index contributed by atoms with van der Waals surface area (Å²) in [5, 5.41) is 11.8. The van der Waals surface area contributed by atoms with Gasteiger partial charge in [0.05, 0.1) is 11.5 Å². The summed E-state index contributed by atoms with van der Waals surface area (Å²) in [5.74, 6) is -0.596. The van der Waals surface area contributed by atoms with Crippen LogP contribution in [0.2, 0.25) is 0 Å². The van der Waals surface area contributed by atoms with Crippen molar-refractivity contribution in [1.82, 2.24) is 5.32 Å². The van der Waals surface area contributed by atoms with E-state index >= 15 is 0 Å². The summed E-state index contributed by atoms with van der Waals surface area (Å²) in [6, 6.07) is 0. The van der Waals surface area contributed by atoms with Gasteiger partial charge in [-0.15, -0.1) is 0 Å². The molecular weight excluding hydrogens is 246 g/mol. The van der Waals surface area contributed by atoms with Gasteiger partial charge in [0.1, 0.15) is 6.61 Å². The Morgan fingerprint density at radius 3 is 2.26 bits per heavy atom. The quantitative estimate of drug-likeness (QED) is 0.799. The lowest BCUT2D eigenvalue weighted by Crippen LogP contribution is -2.36. The number of carboxylic acids is 1. The third-order valence-corrected chi connectivity index (χ3v) is 3.42. The Hall–Kier alpha value is -1.10. The van der Waals surface area contributed by atoms with Gasteiger partial charge in [-0.3, -0.25) is 9.59 Å². The fourth-order valence-electron chi connectivity index (χ4n) is 2.20. The van der Waals surface area contributed by atoms with Crippen LogP contribution in [0.15, 0.2) is 0 Å². The highest BCUT2D eigenvalue weighted by atomic mass is 16.5. The molecule has 2 N–H and O–H groups in total. The van der Waals surface area contributed by atoms with E-state index in [9.17, 15) is 9.59 Å². The first-order valence-electron chi connectivity index (χ1n) is 6.91. The first-order chi connectivity index (χ1) is 8.78. The van der Waals surface area contributed by atoms with Crippen molar-refractivity contribution in [3.8, 4) is 0 Å². The third-order valence-electron chi connectivity index (χ3n) is 3.42. The summed E-state index contributed by atoms with van der Waals surface area (Å²) in [6.07, 6.45) is 3.18. The molecule has 1 aliphatic carbocycles. The number of carbonyl (C=O) groups is 2. The maximum absolute atomic E-state index is 11.6. The summed E-state index contributed by atoms with van der Waals surface area (Å²) in [4.78, 5) is 22.4. The number of hydrogen-bond donors (Lipinski definition) is 2. The summed E-state index contributed by atoms with van der Waals surface area (Å²) in [7, 11) is 0. The smallest absolute Gasteiger partial charge is 0.306 e. The lowest BCUT2D eigenvalue weighted by molar-refractivity contribution is -0.143. The minimum atomic E-state index is -0.693. The molecule has 0 aromatic carbocycles. The fraction of sp³-hybridized carbons (Fsp3) is 0.857. The standard InChI is InChI=1S/C14H25NO4/c1-14(2,3)19-9-12(16)15-8-10-4-6-11(7-5-10)13(17)18/h10-11H,4-9H2,1-3H3,(H,15,16)(H,17,18). The first kappa shape index (κ1) is 16.0. The van der Waals surface area contributed by atoms with Crippen LogP contribution < -0.4 is 5.32 Å². The topological polar surface area (TPSA) is 75.6 Å². The maximum Gasteiger partial charge on any atom is 0.306 e. The molecule has 19 heavy (non-hydrogen) atoms. The van der Waals surface area contributed by atoms with Gasteiger partial charge in [-0.1, -0.05) is 0 Å². The number of rotatable bonds is 5. The van der Waals surface area contributed by atoms with Crippen LogP contribution >= 0.6 is 0 Å². The zero-order valence-electron chi connectivity index (χ0n) is 12.1. The summed E-state index contributed by atoms with van der Waals surface area (Å²) in [5.41, 5.74) is -0.309. The molecule has 1 aliphatic rings. The van der Waals surface area contributed by atoms with E-state index in [4.69, 9.17) is 9.84 Å². The normalized spacial score (nSPS) is 23.9. The second-order valence-corrected chi connectivity index (χ2v) is 6.26. The van der Waals surface area contributed by atoms with Crippen molar-refractivity contribution < 1.29 is 19.4 Å². The van der Waals surface area contributed by atoms with Crippen molar-refractivity contribution >= 4 is 11.9 Å². The molecule has 1 rings (SSSR count). The SMILES string of the molecule is CC(C)(C)OCC(=O)NCC1CCC(C(=O)O)CC1. The van der Waals surface area contributed by atoms with Gasteiger partial charge in [-0.25, -0.2) is 0 Å². The summed E-state index contributed by atoms with van der Waals surface area (Å²) in [6.45, 7) is 6.43. The molecule has 0 aromatic heterocycles. The zero-order valence-corrected chi connectivity index (χ0v) is 12.1. The second-order valence-electron chi connectivity index (χ2n) is 6.26. The van der Waals surface area contributed by atoms with Crippen molar-refractivity contribution in [3.63, 3.8) is 0 Å². The summed E-state index contributed by atoms with van der Waals surface area (Å²) >= 11 is 0. The molecule has 0 saturated heterocycles. The van der Waals surface area contributed by atoms with Crippen LogP contribution in [0.4, 0.5) is 0 Å². The number of hydrogen-bond acceptors (Lipinski definition) is 3. The van der Waals surface area contributed by atoms with Crippen LogP contribution in [0.3, 0.4) is 0 Å². The highest BCUT2D eigenvalue weighted by molar-refractivity contribution is 5.77. The first-order valence-corrected chi connectivity index (χ1v) is 6.91. The average molecular weight is 271 g/mol. The lowest BCUT2D eigenvalue weighted by atomic mass is 9.82. The molecular formula is C14H25NO4. The van der Waals surface area contributed by atoms with Gasteiger partial charge < -0.3 is 15.2 Å². The van der Waals surface area contributed by atoms with Gasteiger partial charge in [0.15, 0.2) is 0 Å². The van der Waals surface area contributed by atoms with E-state index in [1.807, 2.05) is 20.8 Å². The molecule has 5 nitrogen and oxygen atoms in total. The number of nitrogens with one attached hydrogen (secondary N) is 1. The van der Waals surface area contributed by atoms with Crippen molar-refractivity contribution in [2.75, 3.05) is 13.2 Å². The average Bonchev–Trinajstić information content (AvgIpc) is 2.33. The highest BCUT2D eigenvalue weighted by Gasteiger charge is 2.26. The Kier molecular flexibility index (Phi) is 5.79. The van der Waals surface area contributed by atoms with Crippen LogP contribution in [0.5, 0.6) is 0 Å². The van der Waals surface area contributed by atoms with E-state index in [0.29, 0.717) is 25.3 Å². The van der Waals surface area contributed by atoms with Crippen molar-refractivity contribution in [2.45, 2.75) is 52.1 Å². The van der Waals surface area contributed by atoms with Crippen molar-refractivity contribution in [2.24, 2.45) is 11.8 Å². The number of ether oxygens (including phenoxy) is 1. The Morgan fingerprint density at radius 2 is 1.79 bits per heavy atom. The zero-order chi connectivity index (χ0) is 14.5. The van der Waals surface area contributed by atoms with E-state index in [1.165, 1.54) is 0 Å². The van der Waals surface area contributed by atoms with Gasteiger partial charge in [0, 0.05) is 6.54 Å². The van der Waals surface area contributed by atoms with Gasteiger partial charge >= 0.3 is 5.97 Å². The van der Waals surface area contributed by atoms with Gasteiger partial charge in [-0.2, -0.15) is 0 Å². The molecule has 110 valence electrons. The molecule has 1 saturated carbocycles. The lowest BCUT2D eigenvalue weighted by Gasteiger charge is -2.26. The number of aliphatic carboxylic acids is 1. The van der Waals surface area contributed by atoms with E-state index in [0.717, 1.165) is 12.8 Å². The molecule has 0 spiro atoms. The molecule has 0 aliphatic heterocycles.